The van der Waals surface area contributed by atoms with Gasteiger partial charge in [0.05, 0.1) is 11.8 Å². The first-order chi connectivity index (χ1) is 9.18. The predicted octanol–water partition coefficient (Wildman–Crippen LogP) is 1.65. The molecular formula is C15H15NO3. The standard InChI is InChI=1S/C15H15NO3/c17-13(10-5-2-1-3-6-10)7-4-8-16-14(18)11-9-12(11)15(16)19/h1-3,5-6,11-12H,4,7-9H2. The lowest BCUT2D eigenvalue weighted by molar-refractivity contribution is -0.141. The van der Waals surface area contributed by atoms with E-state index in [1.165, 1.54) is 4.90 Å². The summed E-state index contributed by atoms with van der Waals surface area (Å²) in [5, 5.41) is 0. The predicted molar refractivity (Wildman–Crippen MR) is 68.3 cm³/mol. The van der Waals surface area contributed by atoms with Crippen LogP contribution in [0.1, 0.15) is 29.6 Å². The molecule has 4 nitrogen and oxygen atoms in total. The number of nitrogens with zero attached hydrogens (tertiary/aromatic N) is 1. The lowest BCUT2D eigenvalue weighted by atomic mass is 10.1. The highest BCUT2D eigenvalue weighted by molar-refractivity contribution is 6.08. The number of likely N-dealkylation sites (tertiary alicyclic amines) is 1. The van der Waals surface area contributed by atoms with Crippen molar-refractivity contribution in [2.24, 2.45) is 11.8 Å². The molecule has 19 heavy (non-hydrogen) atoms. The van der Waals surface area contributed by atoms with E-state index in [1.807, 2.05) is 18.2 Å². The molecule has 0 spiro atoms. The molecule has 2 unspecified atom stereocenters. The number of ketones is 1. The SMILES string of the molecule is O=C(CCCN1C(=O)C2CC2C1=O)c1ccccc1. The molecule has 0 N–H and O–H groups in total. The van der Waals surface area contributed by atoms with Crippen molar-refractivity contribution in [3.05, 3.63) is 35.9 Å². The topological polar surface area (TPSA) is 54.5 Å². The highest BCUT2D eigenvalue weighted by Gasteiger charge is 2.58. The minimum Gasteiger partial charge on any atom is -0.294 e. The number of fused-ring (bicyclic) bond motifs is 1. The Kier molecular flexibility index (Phi) is 2.93. The summed E-state index contributed by atoms with van der Waals surface area (Å²) < 4.78 is 0. The largest absolute Gasteiger partial charge is 0.294 e. The van der Waals surface area contributed by atoms with Gasteiger partial charge in [0.2, 0.25) is 11.8 Å². The average Bonchev–Trinajstić information content (AvgIpc) is 3.19. The summed E-state index contributed by atoms with van der Waals surface area (Å²) in [5.41, 5.74) is 0.685. The number of imide groups is 1. The Labute approximate surface area is 111 Å². The number of hydrogen-bond acceptors (Lipinski definition) is 3. The van der Waals surface area contributed by atoms with Gasteiger partial charge < -0.3 is 0 Å². The molecule has 1 aromatic carbocycles. The van der Waals surface area contributed by atoms with Gasteiger partial charge in [0.15, 0.2) is 5.78 Å². The third kappa shape index (κ3) is 2.18. The summed E-state index contributed by atoms with van der Waals surface area (Å²) in [6, 6.07) is 9.08. The molecule has 2 fully saturated rings. The zero-order valence-electron chi connectivity index (χ0n) is 10.5. The van der Waals surface area contributed by atoms with Crippen LogP contribution in [0.4, 0.5) is 0 Å². The van der Waals surface area contributed by atoms with Crippen molar-refractivity contribution in [1.82, 2.24) is 4.90 Å². The molecule has 3 rings (SSSR count). The van der Waals surface area contributed by atoms with E-state index in [0.29, 0.717) is 24.9 Å². The highest BCUT2D eigenvalue weighted by Crippen LogP contribution is 2.46. The second kappa shape index (κ2) is 4.61. The molecule has 1 saturated carbocycles. The quantitative estimate of drug-likeness (QED) is 0.595. The number of carbonyl (C=O) groups excluding carboxylic acids is 3. The summed E-state index contributed by atoms with van der Waals surface area (Å²) in [6.45, 7) is 0.378. The molecule has 4 heteroatoms. The molecule has 1 aliphatic heterocycles. The number of rotatable bonds is 5. The first-order valence-corrected chi connectivity index (χ1v) is 6.62. The van der Waals surface area contributed by atoms with Crippen molar-refractivity contribution in [3.63, 3.8) is 0 Å². The minimum atomic E-state index is -0.0441. The molecule has 1 saturated heterocycles. The molecular weight excluding hydrogens is 242 g/mol. The van der Waals surface area contributed by atoms with Crippen LogP contribution in [0, 0.1) is 11.8 Å². The van der Waals surface area contributed by atoms with Crippen LogP contribution in [0.15, 0.2) is 30.3 Å². The van der Waals surface area contributed by atoms with E-state index in [9.17, 15) is 14.4 Å². The number of amides is 2. The molecule has 0 aromatic heterocycles. The first kappa shape index (κ1) is 12.1. The lowest BCUT2D eigenvalue weighted by Crippen LogP contribution is -2.34. The molecule has 0 bridgehead atoms. The average molecular weight is 257 g/mol. The molecule has 2 amide bonds. The molecule has 2 aliphatic rings. The van der Waals surface area contributed by atoms with E-state index in [0.717, 1.165) is 6.42 Å². The maximum atomic E-state index is 11.9. The van der Waals surface area contributed by atoms with Gasteiger partial charge in [0.25, 0.3) is 0 Å². The van der Waals surface area contributed by atoms with Crippen molar-refractivity contribution in [3.8, 4) is 0 Å². The smallest absolute Gasteiger partial charge is 0.233 e. The van der Waals surface area contributed by atoms with E-state index < -0.39 is 0 Å². The second-order valence-corrected chi connectivity index (χ2v) is 5.17. The highest BCUT2D eigenvalue weighted by atomic mass is 16.2. The van der Waals surface area contributed by atoms with Crippen LogP contribution in [0.25, 0.3) is 0 Å². The van der Waals surface area contributed by atoms with Gasteiger partial charge in [0.1, 0.15) is 0 Å². The molecule has 1 aromatic rings. The molecule has 1 aliphatic carbocycles. The summed E-state index contributed by atoms with van der Waals surface area (Å²) in [7, 11) is 0. The minimum absolute atomic E-state index is 0.0397. The normalized spacial score (nSPS) is 24.5. The number of hydrogen-bond donors (Lipinski definition) is 0. The zero-order chi connectivity index (χ0) is 13.4. The van der Waals surface area contributed by atoms with Crippen LogP contribution in [0.2, 0.25) is 0 Å². The number of benzene rings is 1. The van der Waals surface area contributed by atoms with E-state index >= 15 is 0 Å². The van der Waals surface area contributed by atoms with Crippen LogP contribution < -0.4 is 0 Å². The van der Waals surface area contributed by atoms with Gasteiger partial charge in [0, 0.05) is 18.5 Å². The summed E-state index contributed by atoms with van der Waals surface area (Å²) in [4.78, 5) is 36.6. The lowest BCUT2D eigenvalue weighted by Gasteiger charge is -2.15. The third-order valence-corrected chi connectivity index (χ3v) is 3.84. The second-order valence-electron chi connectivity index (χ2n) is 5.17. The molecule has 1 heterocycles. The summed E-state index contributed by atoms with van der Waals surface area (Å²) >= 11 is 0. The van der Waals surface area contributed by atoms with Crippen LogP contribution in [0.3, 0.4) is 0 Å². The Morgan fingerprint density at radius 2 is 1.74 bits per heavy atom. The van der Waals surface area contributed by atoms with Crippen molar-refractivity contribution in [2.45, 2.75) is 19.3 Å². The van der Waals surface area contributed by atoms with E-state index in [4.69, 9.17) is 0 Å². The monoisotopic (exact) mass is 257 g/mol. The Morgan fingerprint density at radius 1 is 1.11 bits per heavy atom. The van der Waals surface area contributed by atoms with Crippen molar-refractivity contribution < 1.29 is 14.4 Å². The zero-order valence-corrected chi connectivity index (χ0v) is 10.5. The Morgan fingerprint density at radius 3 is 2.37 bits per heavy atom. The van der Waals surface area contributed by atoms with Crippen LogP contribution >= 0.6 is 0 Å². The van der Waals surface area contributed by atoms with Gasteiger partial charge in [-0.25, -0.2) is 0 Å². The fourth-order valence-corrected chi connectivity index (χ4v) is 2.64. The maximum Gasteiger partial charge on any atom is 0.233 e. The van der Waals surface area contributed by atoms with Gasteiger partial charge in [-0.2, -0.15) is 0 Å². The number of Topliss-reactive ketones (excluding diaryl/α,β-unsaturated/α-hetero) is 1. The maximum absolute atomic E-state index is 11.9. The fraction of sp³-hybridized carbons (Fsp3) is 0.400. The van der Waals surface area contributed by atoms with Gasteiger partial charge in [-0.15, -0.1) is 0 Å². The molecule has 2 atom stereocenters. The summed E-state index contributed by atoms with van der Waals surface area (Å²) in [6.07, 6.45) is 1.65. The van der Waals surface area contributed by atoms with E-state index in [-0.39, 0.29) is 29.4 Å². The first-order valence-electron chi connectivity index (χ1n) is 6.62. The Hall–Kier alpha value is -1.97. The molecule has 98 valence electrons. The Balaban J connectivity index is 1.50. The van der Waals surface area contributed by atoms with Crippen LogP contribution in [-0.2, 0) is 9.59 Å². The molecule has 0 radical (unpaired) electrons. The third-order valence-electron chi connectivity index (χ3n) is 3.84. The van der Waals surface area contributed by atoms with Crippen LogP contribution in [0.5, 0.6) is 0 Å². The van der Waals surface area contributed by atoms with Gasteiger partial charge >= 0.3 is 0 Å². The van der Waals surface area contributed by atoms with Gasteiger partial charge in [-0.1, -0.05) is 30.3 Å². The number of carbonyl (C=O) groups is 3. The van der Waals surface area contributed by atoms with Gasteiger partial charge in [-0.3, -0.25) is 19.3 Å². The Bertz CT molecular complexity index is 518. The van der Waals surface area contributed by atoms with Crippen molar-refractivity contribution in [1.29, 1.82) is 0 Å². The van der Waals surface area contributed by atoms with E-state index in [2.05, 4.69) is 0 Å². The van der Waals surface area contributed by atoms with E-state index in [1.54, 1.807) is 12.1 Å². The van der Waals surface area contributed by atoms with Gasteiger partial charge in [-0.05, 0) is 12.8 Å². The van der Waals surface area contributed by atoms with Crippen molar-refractivity contribution >= 4 is 17.6 Å². The van der Waals surface area contributed by atoms with Crippen LogP contribution in [-0.4, -0.2) is 29.0 Å². The summed E-state index contributed by atoms with van der Waals surface area (Å²) in [5.74, 6) is -0.108. The number of piperidine rings is 1. The van der Waals surface area contributed by atoms with Crippen molar-refractivity contribution in [2.75, 3.05) is 6.54 Å². The fourth-order valence-electron chi connectivity index (χ4n) is 2.64.